The number of hydrogen-bond acceptors (Lipinski definition) is 3. The summed E-state index contributed by atoms with van der Waals surface area (Å²) >= 11 is 5.99. The smallest absolute Gasteiger partial charge is 0.274 e. The van der Waals surface area contributed by atoms with Crippen LogP contribution in [-0.4, -0.2) is 33.7 Å². The summed E-state index contributed by atoms with van der Waals surface area (Å²) in [4.78, 5) is 14.7. The van der Waals surface area contributed by atoms with Gasteiger partial charge < -0.3 is 9.32 Å². The lowest BCUT2D eigenvalue weighted by Gasteiger charge is -2.27. The standard InChI is InChI=1S/C20H18ClN3O2/c1-14-8-10-23(11-9-14)20(25)17-13-18(19-3-2-12-26-19)24(22-17)16-6-4-15(21)5-7-16/h2-7,12-13H,1,8-11H2. The molecule has 0 saturated carbocycles. The van der Waals surface area contributed by atoms with E-state index in [1.807, 2.05) is 29.2 Å². The van der Waals surface area contributed by atoms with Crippen molar-refractivity contribution in [2.45, 2.75) is 12.8 Å². The average molecular weight is 368 g/mol. The number of furan rings is 1. The van der Waals surface area contributed by atoms with Gasteiger partial charge in [-0.15, -0.1) is 0 Å². The number of carbonyl (C=O) groups is 1. The van der Waals surface area contributed by atoms with Crippen molar-refractivity contribution in [1.29, 1.82) is 0 Å². The molecule has 1 saturated heterocycles. The molecule has 3 aromatic rings. The first kappa shape index (κ1) is 16.7. The van der Waals surface area contributed by atoms with Crippen molar-refractivity contribution in [2.24, 2.45) is 0 Å². The van der Waals surface area contributed by atoms with E-state index in [1.54, 1.807) is 29.1 Å². The molecule has 1 aliphatic rings. The van der Waals surface area contributed by atoms with E-state index in [9.17, 15) is 4.79 Å². The van der Waals surface area contributed by atoms with Crippen molar-refractivity contribution in [3.63, 3.8) is 0 Å². The Kier molecular flexibility index (Phi) is 4.39. The van der Waals surface area contributed by atoms with Crippen molar-refractivity contribution in [3.05, 3.63) is 71.6 Å². The number of amides is 1. The molecule has 5 nitrogen and oxygen atoms in total. The highest BCUT2D eigenvalue weighted by molar-refractivity contribution is 6.30. The molecule has 0 bridgehead atoms. The normalized spacial score (nSPS) is 14.7. The molecule has 1 aliphatic heterocycles. The molecular formula is C20H18ClN3O2. The fraction of sp³-hybridized carbons (Fsp3) is 0.200. The Labute approximate surface area is 156 Å². The molecule has 3 heterocycles. The Balaban J connectivity index is 1.72. The maximum Gasteiger partial charge on any atom is 0.274 e. The number of hydrogen-bond donors (Lipinski definition) is 0. The third kappa shape index (κ3) is 3.18. The zero-order valence-electron chi connectivity index (χ0n) is 14.2. The molecule has 0 spiro atoms. The Morgan fingerprint density at radius 2 is 1.88 bits per heavy atom. The Bertz CT molecular complexity index is 932. The predicted octanol–water partition coefficient (Wildman–Crippen LogP) is 4.58. The Hall–Kier alpha value is -2.79. The van der Waals surface area contributed by atoms with Gasteiger partial charge in [0, 0.05) is 24.2 Å². The zero-order valence-corrected chi connectivity index (χ0v) is 14.9. The van der Waals surface area contributed by atoms with Crippen LogP contribution in [0.5, 0.6) is 0 Å². The van der Waals surface area contributed by atoms with Crippen LogP contribution in [0.25, 0.3) is 17.1 Å². The van der Waals surface area contributed by atoms with Gasteiger partial charge in [-0.05, 0) is 49.2 Å². The summed E-state index contributed by atoms with van der Waals surface area (Å²) in [5.74, 6) is 0.580. The van der Waals surface area contributed by atoms with Crippen LogP contribution < -0.4 is 0 Å². The van der Waals surface area contributed by atoms with Gasteiger partial charge in [0.1, 0.15) is 5.69 Å². The second kappa shape index (κ2) is 6.84. The van der Waals surface area contributed by atoms with Crippen LogP contribution in [0.2, 0.25) is 5.02 Å². The Morgan fingerprint density at radius 1 is 1.15 bits per heavy atom. The molecule has 1 fully saturated rings. The van der Waals surface area contributed by atoms with E-state index in [0.29, 0.717) is 29.6 Å². The molecule has 0 aliphatic carbocycles. The van der Waals surface area contributed by atoms with Crippen LogP contribution in [0.4, 0.5) is 0 Å². The quantitative estimate of drug-likeness (QED) is 0.637. The van der Waals surface area contributed by atoms with E-state index < -0.39 is 0 Å². The van der Waals surface area contributed by atoms with Crippen molar-refractivity contribution in [3.8, 4) is 17.1 Å². The molecule has 132 valence electrons. The summed E-state index contributed by atoms with van der Waals surface area (Å²) in [5, 5.41) is 5.20. The van der Waals surface area contributed by atoms with E-state index in [1.165, 1.54) is 5.57 Å². The minimum absolute atomic E-state index is 0.0713. The van der Waals surface area contributed by atoms with Crippen LogP contribution in [0.15, 0.2) is 65.3 Å². The number of piperidine rings is 1. The molecule has 2 aromatic heterocycles. The predicted molar refractivity (Wildman–Crippen MR) is 101 cm³/mol. The first-order valence-corrected chi connectivity index (χ1v) is 8.85. The summed E-state index contributed by atoms with van der Waals surface area (Å²) in [6.07, 6.45) is 3.29. The van der Waals surface area contributed by atoms with Gasteiger partial charge >= 0.3 is 0 Å². The first-order chi connectivity index (χ1) is 12.6. The molecule has 6 heteroatoms. The van der Waals surface area contributed by atoms with Gasteiger partial charge in [-0.3, -0.25) is 4.79 Å². The fourth-order valence-electron chi connectivity index (χ4n) is 3.05. The lowest BCUT2D eigenvalue weighted by Crippen LogP contribution is -2.36. The van der Waals surface area contributed by atoms with Gasteiger partial charge in [-0.2, -0.15) is 5.10 Å². The lowest BCUT2D eigenvalue weighted by atomic mass is 10.1. The molecule has 0 radical (unpaired) electrons. The summed E-state index contributed by atoms with van der Waals surface area (Å²) in [5.41, 5.74) is 3.13. The summed E-state index contributed by atoms with van der Waals surface area (Å²) in [7, 11) is 0. The van der Waals surface area contributed by atoms with Gasteiger partial charge in [0.05, 0.1) is 12.0 Å². The maximum absolute atomic E-state index is 12.9. The van der Waals surface area contributed by atoms with Crippen LogP contribution >= 0.6 is 11.6 Å². The Morgan fingerprint density at radius 3 is 2.54 bits per heavy atom. The second-order valence-electron chi connectivity index (χ2n) is 6.32. The molecule has 26 heavy (non-hydrogen) atoms. The monoisotopic (exact) mass is 367 g/mol. The number of nitrogens with zero attached hydrogens (tertiary/aromatic N) is 3. The largest absolute Gasteiger partial charge is 0.463 e. The molecule has 1 aromatic carbocycles. The fourth-order valence-corrected chi connectivity index (χ4v) is 3.18. The molecule has 0 N–H and O–H groups in total. The molecular weight excluding hydrogens is 350 g/mol. The van der Waals surface area contributed by atoms with Gasteiger partial charge in [-0.25, -0.2) is 4.68 Å². The van der Waals surface area contributed by atoms with Crippen LogP contribution in [0.1, 0.15) is 23.3 Å². The van der Waals surface area contributed by atoms with Crippen molar-refractivity contribution >= 4 is 17.5 Å². The van der Waals surface area contributed by atoms with E-state index in [0.717, 1.165) is 24.2 Å². The van der Waals surface area contributed by atoms with Crippen molar-refractivity contribution in [2.75, 3.05) is 13.1 Å². The number of aromatic nitrogens is 2. The summed E-state index contributed by atoms with van der Waals surface area (Å²) in [6, 6.07) is 12.8. The molecule has 0 atom stereocenters. The van der Waals surface area contributed by atoms with Crippen LogP contribution in [-0.2, 0) is 0 Å². The van der Waals surface area contributed by atoms with Gasteiger partial charge in [0.15, 0.2) is 11.5 Å². The third-order valence-electron chi connectivity index (χ3n) is 4.53. The van der Waals surface area contributed by atoms with E-state index in [2.05, 4.69) is 11.7 Å². The van der Waals surface area contributed by atoms with Gasteiger partial charge in [0.2, 0.25) is 0 Å². The van der Waals surface area contributed by atoms with Crippen LogP contribution in [0.3, 0.4) is 0 Å². The minimum atomic E-state index is -0.0713. The van der Waals surface area contributed by atoms with Gasteiger partial charge in [0.25, 0.3) is 5.91 Å². The maximum atomic E-state index is 12.9. The number of benzene rings is 1. The summed E-state index contributed by atoms with van der Waals surface area (Å²) in [6.45, 7) is 5.36. The number of rotatable bonds is 3. The lowest BCUT2D eigenvalue weighted by molar-refractivity contribution is 0.0737. The molecule has 0 unspecified atom stereocenters. The highest BCUT2D eigenvalue weighted by Crippen LogP contribution is 2.26. The number of likely N-dealkylation sites (tertiary alicyclic amines) is 1. The SMILES string of the molecule is C=C1CCN(C(=O)c2cc(-c3ccco3)n(-c3ccc(Cl)cc3)n2)CC1. The van der Waals surface area contributed by atoms with Gasteiger partial charge in [-0.1, -0.05) is 23.8 Å². The first-order valence-electron chi connectivity index (χ1n) is 8.47. The second-order valence-corrected chi connectivity index (χ2v) is 6.76. The topological polar surface area (TPSA) is 51.3 Å². The van der Waals surface area contributed by atoms with E-state index >= 15 is 0 Å². The number of carbonyl (C=O) groups excluding carboxylic acids is 1. The van der Waals surface area contributed by atoms with Crippen molar-refractivity contribution in [1.82, 2.24) is 14.7 Å². The van der Waals surface area contributed by atoms with Crippen LogP contribution in [0, 0.1) is 0 Å². The minimum Gasteiger partial charge on any atom is -0.463 e. The molecule has 1 amide bonds. The zero-order chi connectivity index (χ0) is 18.1. The highest BCUT2D eigenvalue weighted by Gasteiger charge is 2.24. The highest BCUT2D eigenvalue weighted by atomic mass is 35.5. The summed E-state index contributed by atoms with van der Waals surface area (Å²) < 4.78 is 7.25. The number of halogens is 1. The molecule has 4 rings (SSSR count). The average Bonchev–Trinajstić information content (AvgIpc) is 3.32. The van der Waals surface area contributed by atoms with Crippen molar-refractivity contribution < 1.29 is 9.21 Å². The third-order valence-corrected chi connectivity index (χ3v) is 4.78. The van der Waals surface area contributed by atoms with E-state index in [4.69, 9.17) is 16.0 Å². The van der Waals surface area contributed by atoms with E-state index in [-0.39, 0.29) is 5.91 Å².